The lowest BCUT2D eigenvalue weighted by molar-refractivity contribution is -0.153. The van der Waals surface area contributed by atoms with Crippen molar-refractivity contribution in [3.63, 3.8) is 0 Å². The average Bonchev–Trinajstić information content (AvgIpc) is 3.16. The first kappa shape index (κ1) is 17.5. The number of benzene rings is 1. The molecule has 10 nitrogen and oxygen atoms in total. The normalized spacial score (nSPS) is 19.0. The molecule has 0 radical (unpaired) electrons. The molecule has 2 aromatic rings. The highest BCUT2D eigenvalue weighted by Gasteiger charge is 2.48. The van der Waals surface area contributed by atoms with Gasteiger partial charge in [-0.25, -0.2) is 9.78 Å². The highest BCUT2D eigenvalue weighted by atomic mass is 16.5. The second-order valence-corrected chi connectivity index (χ2v) is 5.76. The summed E-state index contributed by atoms with van der Waals surface area (Å²) in [6.45, 7) is 0.609. The number of likely N-dealkylation sites (tertiary alicyclic amines) is 1. The van der Waals surface area contributed by atoms with Crippen molar-refractivity contribution in [3.8, 4) is 11.5 Å². The van der Waals surface area contributed by atoms with Crippen LogP contribution < -0.4 is 14.8 Å². The first-order chi connectivity index (χ1) is 12.5. The third-order valence-corrected chi connectivity index (χ3v) is 4.29. The lowest BCUT2D eigenvalue weighted by Gasteiger charge is -2.46. The van der Waals surface area contributed by atoms with Crippen molar-refractivity contribution >= 4 is 12.0 Å². The molecule has 1 aromatic heterocycles. The summed E-state index contributed by atoms with van der Waals surface area (Å²) >= 11 is 0. The van der Waals surface area contributed by atoms with Crippen LogP contribution in [0.5, 0.6) is 11.5 Å². The molecule has 10 heteroatoms. The van der Waals surface area contributed by atoms with Crippen LogP contribution in [0.3, 0.4) is 0 Å². The Morgan fingerprint density at radius 2 is 2.15 bits per heavy atom. The minimum Gasteiger partial charge on any atom is -0.497 e. The Bertz CT molecular complexity index is 794. The van der Waals surface area contributed by atoms with Crippen LogP contribution in [0.25, 0.3) is 0 Å². The number of nitrogens with one attached hydrogen (secondary N) is 1. The summed E-state index contributed by atoms with van der Waals surface area (Å²) in [6.07, 6.45) is 1.66. The zero-order valence-corrected chi connectivity index (χ0v) is 14.3. The topological polar surface area (TPSA) is 119 Å². The Labute approximate surface area is 149 Å². The van der Waals surface area contributed by atoms with E-state index in [1.807, 2.05) is 6.07 Å². The zero-order chi connectivity index (χ0) is 18.7. The van der Waals surface area contributed by atoms with Crippen LogP contribution in [0.2, 0.25) is 0 Å². The van der Waals surface area contributed by atoms with E-state index in [0.29, 0.717) is 18.0 Å². The van der Waals surface area contributed by atoms with Crippen molar-refractivity contribution in [1.82, 2.24) is 25.0 Å². The number of amides is 2. The minimum absolute atomic E-state index is 0.281. The Hall–Kier alpha value is -3.30. The number of carbonyl (C=O) groups is 2. The second kappa shape index (κ2) is 7.30. The first-order valence-corrected chi connectivity index (χ1v) is 7.86. The maximum absolute atomic E-state index is 12.5. The predicted octanol–water partition coefficient (Wildman–Crippen LogP) is 0.343. The summed E-state index contributed by atoms with van der Waals surface area (Å²) < 4.78 is 12.1. The summed E-state index contributed by atoms with van der Waals surface area (Å²) in [5, 5.41) is 15.3. The SMILES string of the molecule is COc1ccc(CN2C(=O)C(NC(=O)O)C2Cn2cncn2)c(OC)c1. The Morgan fingerprint density at radius 1 is 1.35 bits per heavy atom. The van der Waals surface area contributed by atoms with Crippen LogP contribution in [0.1, 0.15) is 5.56 Å². The van der Waals surface area contributed by atoms with Gasteiger partial charge in [0.2, 0.25) is 5.91 Å². The molecule has 2 N–H and O–H groups in total. The minimum atomic E-state index is -1.24. The van der Waals surface area contributed by atoms with Crippen molar-refractivity contribution in [1.29, 1.82) is 0 Å². The standard InChI is InChI=1S/C16H19N5O5/c1-25-11-4-3-10(13(5-11)26-2)6-21-12(7-20-9-17-8-18-20)14(15(21)22)19-16(23)24/h3-5,8-9,12,14,19H,6-7H2,1-2H3,(H,23,24). The van der Waals surface area contributed by atoms with E-state index in [4.69, 9.17) is 14.6 Å². The Kier molecular flexibility index (Phi) is 4.92. The number of hydrogen-bond donors (Lipinski definition) is 2. The number of carboxylic acid groups (broad SMARTS) is 1. The van der Waals surface area contributed by atoms with E-state index in [1.54, 1.807) is 28.8 Å². The molecule has 2 heterocycles. The molecule has 0 saturated carbocycles. The van der Waals surface area contributed by atoms with Gasteiger partial charge in [0.15, 0.2) is 0 Å². The van der Waals surface area contributed by atoms with Crippen molar-refractivity contribution in [3.05, 3.63) is 36.4 Å². The third kappa shape index (κ3) is 3.39. The molecule has 138 valence electrons. The molecular weight excluding hydrogens is 342 g/mol. The van der Waals surface area contributed by atoms with Crippen molar-refractivity contribution < 1.29 is 24.2 Å². The van der Waals surface area contributed by atoms with E-state index >= 15 is 0 Å². The number of hydrogen-bond acceptors (Lipinski definition) is 6. The highest BCUT2D eigenvalue weighted by molar-refractivity contribution is 5.92. The van der Waals surface area contributed by atoms with Crippen molar-refractivity contribution in [2.75, 3.05) is 14.2 Å². The van der Waals surface area contributed by atoms with Crippen LogP contribution in [0.4, 0.5) is 4.79 Å². The lowest BCUT2D eigenvalue weighted by atomic mass is 9.93. The second-order valence-electron chi connectivity index (χ2n) is 5.76. The van der Waals surface area contributed by atoms with Gasteiger partial charge < -0.3 is 24.8 Å². The van der Waals surface area contributed by atoms with E-state index in [2.05, 4.69) is 15.4 Å². The molecule has 2 atom stereocenters. The van der Waals surface area contributed by atoms with E-state index in [0.717, 1.165) is 5.56 Å². The van der Waals surface area contributed by atoms with Gasteiger partial charge in [-0.05, 0) is 12.1 Å². The summed E-state index contributed by atoms with van der Waals surface area (Å²) in [5.41, 5.74) is 0.791. The number of aromatic nitrogens is 3. The number of rotatable bonds is 7. The molecule has 1 saturated heterocycles. The molecule has 2 amide bonds. The van der Waals surface area contributed by atoms with Gasteiger partial charge in [0.05, 0.1) is 26.8 Å². The average molecular weight is 361 g/mol. The monoisotopic (exact) mass is 361 g/mol. The molecule has 3 rings (SSSR count). The predicted molar refractivity (Wildman–Crippen MR) is 88.9 cm³/mol. The van der Waals surface area contributed by atoms with Crippen molar-refractivity contribution in [2.24, 2.45) is 0 Å². The number of β-lactam (4-membered cyclic amide) rings is 1. The van der Waals surface area contributed by atoms with Gasteiger partial charge in [-0.3, -0.25) is 9.48 Å². The molecule has 0 aliphatic carbocycles. The van der Waals surface area contributed by atoms with Crippen LogP contribution in [0.15, 0.2) is 30.9 Å². The molecule has 26 heavy (non-hydrogen) atoms. The number of methoxy groups -OCH3 is 2. The zero-order valence-electron chi connectivity index (χ0n) is 14.3. The van der Waals surface area contributed by atoms with E-state index in [-0.39, 0.29) is 18.5 Å². The van der Waals surface area contributed by atoms with Gasteiger partial charge in [0, 0.05) is 18.2 Å². The van der Waals surface area contributed by atoms with Crippen LogP contribution in [-0.4, -0.2) is 63.1 Å². The van der Waals surface area contributed by atoms with Gasteiger partial charge in [-0.1, -0.05) is 0 Å². The highest BCUT2D eigenvalue weighted by Crippen LogP contribution is 2.30. The molecule has 1 aromatic carbocycles. The van der Waals surface area contributed by atoms with Crippen LogP contribution in [0, 0.1) is 0 Å². The molecular formula is C16H19N5O5. The van der Waals surface area contributed by atoms with E-state index in [1.165, 1.54) is 19.8 Å². The van der Waals surface area contributed by atoms with Gasteiger partial charge in [-0.15, -0.1) is 0 Å². The molecule has 0 bridgehead atoms. The Morgan fingerprint density at radius 3 is 2.77 bits per heavy atom. The molecule has 0 spiro atoms. The summed E-state index contributed by atoms with van der Waals surface area (Å²) in [5.74, 6) is 0.937. The molecule has 2 unspecified atom stereocenters. The number of ether oxygens (including phenoxy) is 2. The summed E-state index contributed by atoms with van der Waals surface area (Å²) in [4.78, 5) is 28.9. The van der Waals surface area contributed by atoms with E-state index in [9.17, 15) is 9.59 Å². The van der Waals surface area contributed by atoms with Crippen LogP contribution >= 0.6 is 0 Å². The van der Waals surface area contributed by atoms with Gasteiger partial charge >= 0.3 is 6.09 Å². The number of nitrogens with zero attached hydrogens (tertiary/aromatic N) is 4. The molecule has 1 aliphatic rings. The third-order valence-electron chi connectivity index (χ3n) is 4.29. The summed E-state index contributed by atoms with van der Waals surface area (Å²) in [7, 11) is 3.10. The van der Waals surface area contributed by atoms with Gasteiger partial charge in [0.1, 0.15) is 30.2 Å². The van der Waals surface area contributed by atoms with Gasteiger partial charge in [-0.2, -0.15) is 5.10 Å². The Balaban J connectivity index is 1.80. The van der Waals surface area contributed by atoms with Crippen LogP contribution in [-0.2, 0) is 17.9 Å². The van der Waals surface area contributed by atoms with Gasteiger partial charge in [0.25, 0.3) is 0 Å². The van der Waals surface area contributed by atoms with Crippen molar-refractivity contribution in [2.45, 2.75) is 25.2 Å². The van der Waals surface area contributed by atoms with E-state index < -0.39 is 12.1 Å². The first-order valence-electron chi connectivity index (χ1n) is 7.86. The summed E-state index contributed by atoms with van der Waals surface area (Å²) in [6, 6.07) is 4.13. The fraction of sp³-hybridized carbons (Fsp3) is 0.375. The number of carbonyl (C=O) groups excluding carboxylic acids is 1. The fourth-order valence-electron chi connectivity index (χ4n) is 2.98. The molecule has 1 fully saturated rings. The molecule has 1 aliphatic heterocycles. The lowest BCUT2D eigenvalue weighted by Crippen LogP contribution is -2.71. The smallest absolute Gasteiger partial charge is 0.405 e. The fourth-order valence-corrected chi connectivity index (χ4v) is 2.98. The largest absolute Gasteiger partial charge is 0.497 e. The quantitative estimate of drug-likeness (QED) is 0.683. The maximum atomic E-state index is 12.5. The maximum Gasteiger partial charge on any atom is 0.405 e.